The first-order valence-electron chi connectivity index (χ1n) is 8.36. The van der Waals surface area contributed by atoms with Crippen LogP contribution in [0.3, 0.4) is 0 Å². The summed E-state index contributed by atoms with van der Waals surface area (Å²) in [5, 5.41) is 3.28. The van der Waals surface area contributed by atoms with Crippen LogP contribution in [0.15, 0.2) is 30.3 Å². The maximum absolute atomic E-state index is 12.7. The van der Waals surface area contributed by atoms with Gasteiger partial charge in [0.15, 0.2) is 11.5 Å². The molecule has 0 aliphatic carbocycles. The smallest absolute Gasteiger partial charge is 0.227 e. The fourth-order valence-electron chi connectivity index (χ4n) is 2.67. The summed E-state index contributed by atoms with van der Waals surface area (Å²) in [4.78, 5) is 12.7. The molecule has 0 aliphatic heterocycles. The van der Waals surface area contributed by atoms with E-state index in [-0.39, 0.29) is 11.8 Å². The van der Waals surface area contributed by atoms with Crippen LogP contribution in [0.4, 0.5) is 5.69 Å². The maximum atomic E-state index is 12.7. The van der Waals surface area contributed by atoms with E-state index in [1.165, 1.54) is 14.2 Å². The van der Waals surface area contributed by atoms with Gasteiger partial charge in [0.2, 0.25) is 5.91 Å². The summed E-state index contributed by atoms with van der Waals surface area (Å²) in [6.45, 7) is 1.85. The van der Waals surface area contributed by atoms with Gasteiger partial charge >= 0.3 is 0 Å². The van der Waals surface area contributed by atoms with Gasteiger partial charge < -0.3 is 24.3 Å². The van der Waals surface area contributed by atoms with Gasteiger partial charge in [-0.2, -0.15) is 0 Å². The minimum Gasteiger partial charge on any atom is -0.495 e. The summed E-state index contributed by atoms with van der Waals surface area (Å²) in [5.41, 5.74) is 1.47. The van der Waals surface area contributed by atoms with Crippen molar-refractivity contribution in [2.24, 2.45) is 5.92 Å². The van der Waals surface area contributed by atoms with Gasteiger partial charge in [0.05, 0.1) is 39.1 Å². The molecule has 27 heavy (non-hydrogen) atoms. The van der Waals surface area contributed by atoms with Gasteiger partial charge in [0.1, 0.15) is 11.5 Å². The fourth-order valence-corrected chi connectivity index (χ4v) is 2.90. The van der Waals surface area contributed by atoms with E-state index in [2.05, 4.69) is 5.32 Å². The number of rotatable bonds is 8. The highest BCUT2D eigenvalue weighted by molar-refractivity contribution is 6.32. The van der Waals surface area contributed by atoms with Crippen molar-refractivity contribution in [3.05, 3.63) is 40.9 Å². The van der Waals surface area contributed by atoms with Gasteiger partial charge in [-0.1, -0.05) is 24.6 Å². The number of hydrogen-bond donors (Lipinski definition) is 1. The third-order valence-electron chi connectivity index (χ3n) is 4.17. The lowest BCUT2D eigenvalue weighted by Gasteiger charge is -2.16. The Balaban J connectivity index is 2.14. The molecule has 1 amide bonds. The predicted octanol–water partition coefficient (Wildman–Crippen LogP) is 4.19. The quantitative estimate of drug-likeness (QED) is 0.728. The number of hydrogen-bond acceptors (Lipinski definition) is 5. The molecule has 1 N–H and O–H groups in total. The molecule has 1 unspecified atom stereocenters. The topological polar surface area (TPSA) is 66.0 Å². The average molecular weight is 394 g/mol. The second-order valence-corrected chi connectivity index (χ2v) is 6.38. The minimum absolute atomic E-state index is 0.146. The van der Waals surface area contributed by atoms with Crippen LogP contribution in [0.5, 0.6) is 23.0 Å². The number of carbonyl (C=O) groups is 1. The van der Waals surface area contributed by atoms with Crippen molar-refractivity contribution in [1.29, 1.82) is 0 Å². The van der Waals surface area contributed by atoms with E-state index in [0.717, 1.165) is 5.56 Å². The van der Waals surface area contributed by atoms with E-state index in [9.17, 15) is 4.79 Å². The van der Waals surface area contributed by atoms with E-state index < -0.39 is 0 Å². The van der Waals surface area contributed by atoms with Gasteiger partial charge in [-0.25, -0.2) is 0 Å². The van der Waals surface area contributed by atoms with Gasteiger partial charge in [-0.05, 0) is 24.1 Å². The molecule has 0 aliphatic rings. The fraction of sp³-hybridized carbons (Fsp3) is 0.350. The largest absolute Gasteiger partial charge is 0.495 e. The summed E-state index contributed by atoms with van der Waals surface area (Å²) in [7, 11) is 6.19. The molecule has 1 atom stereocenters. The Hall–Kier alpha value is -2.60. The number of halogens is 1. The standard InChI is InChI=1S/C20H24ClNO5/c1-12(8-13-6-7-16(24-2)19(9-13)27-5)20(23)22-15-11-17(25-3)14(21)10-18(15)26-4/h6-7,9-12H,8H2,1-5H3,(H,22,23). The summed E-state index contributed by atoms with van der Waals surface area (Å²) in [6.07, 6.45) is 0.541. The molecule has 7 heteroatoms. The van der Waals surface area contributed by atoms with Gasteiger partial charge in [0, 0.05) is 18.1 Å². The molecule has 0 saturated heterocycles. The predicted molar refractivity (Wildman–Crippen MR) is 106 cm³/mol. The molecule has 0 spiro atoms. The molecule has 146 valence electrons. The Bertz CT molecular complexity index is 809. The first-order valence-corrected chi connectivity index (χ1v) is 8.74. The Morgan fingerprint density at radius 1 is 0.926 bits per heavy atom. The summed E-state index contributed by atoms with van der Waals surface area (Å²) in [5.74, 6) is 1.78. The molecule has 2 aromatic carbocycles. The third kappa shape index (κ3) is 4.98. The lowest BCUT2D eigenvalue weighted by molar-refractivity contribution is -0.119. The van der Waals surface area contributed by atoms with Crippen LogP contribution in [-0.4, -0.2) is 34.3 Å². The number of carbonyl (C=O) groups excluding carboxylic acids is 1. The van der Waals surface area contributed by atoms with Crippen molar-refractivity contribution < 1.29 is 23.7 Å². The van der Waals surface area contributed by atoms with Crippen LogP contribution in [-0.2, 0) is 11.2 Å². The average Bonchev–Trinajstić information content (AvgIpc) is 2.68. The zero-order valence-corrected chi connectivity index (χ0v) is 16.8. The van der Waals surface area contributed by atoms with Gasteiger partial charge in [-0.3, -0.25) is 4.79 Å². The number of amides is 1. The SMILES string of the molecule is COc1cc(NC(=O)C(C)Cc2ccc(OC)c(OC)c2)c(OC)cc1Cl. The van der Waals surface area contributed by atoms with Crippen molar-refractivity contribution in [3.63, 3.8) is 0 Å². The second-order valence-electron chi connectivity index (χ2n) is 5.97. The van der Waals surface area contributed by atoms with Gasteiger partial charge in [0.25, 0.3) is 0 Å². The molecular formula is C20H24ClNO5. The van der Waals surface area contributed by atoms with E-state index in [4.69, 9.17) is 30.5 Å². The molecule has 0 fully saturated rings. The maximum Gasteiger partial charge on any atom is 0.227 e. The molecule has 6 nitrogen and oxygen atoms in total. The molecule has 0 heterocycles. The Kier molecular flexibility index (Phi) is 7.19. The number of nitrogens with one attached hydrogen (secondary N) is 1. The molecule has 2 rings (SSSR count). The number of anilines is 1. The van der Waals surface area contributed by atoms with E-state index >= 15 is 0 Å². The van der Waals surface area contributed by atoms with Crippen molar-refractivity contribution in [1.82, 2.24) is 0 Å². The van der Waals surface area contributed by atoms with Crippen LogP contribution in [0.25, 0.3) is 0 Å². The number of ether oxygens (including phenoxy) is 4. The normalized spacial score (nSPS) is 11.5. The van der Waals surface area contributed by atoms with E-state index in [0.29, 0.717) is 40.1 Å². The van der Waals surface area contributed by atoms with Gasteiger partial charge in [-0.15, -0.1) is 0 Å². The van der Waals surface area contributed by atoms with Crippen molar-refractivity contribution >= 4 is 23.2 Å². The summed E-state index contributed by atoms with van der Waals surface area (Å²) < 4.78 is 21.1. The first-order chi connectivity index (χ1) is 12.9. The Morgan fingerprint density at radius 2 is 1.56 bits per heavy atom. The van der Waals surface area contributed by atoms with Crippen LogP contribution in [0, 0.1) is 5.92 Å². The van der Waals surface area contributed by atoms with Crippen molar-refractivity contribution in [2.45, 2.75) is 13.3 Å². The Labute approximate surface area is 164 Å². The van der Waals surface area contributed by atoms with E-state index in [1.54, 1.807) is 26.4 Å². The van der Waals surface area contributed by atoms with Crippen molar-refractivity contribution in [2.75, 3.05) is 33.8 Å². The molecule has 2 aromatic rings. The monoisotopic (exact) mass is 393 g/mol. The number of methoxy groups -OCH3 is 4. The highest BCUT2D eigenvalue weighted by Crippen LogP contribution is 2.36. The minimum atomic E-state index is -0.283. The van der Waals surface area contributed by atoms with Crippen LogP contribution in [0.2, 0.25) is 5.02 Å². The lowest BCUT2D eigenvalue weighted by Crippen LogP contribution is -2.22. The molecule has 0 bridgehead atoms. The Morgan fingerprint density at radius 3 is 2.15 bits per heavy atom. The lowest BCUT2D eigenvalue weighted by atomic mass is 9.99. The summed E-state index contributed by atoms with van der Waals surface area (Å²) >= 11 is 6.10. The first kappa shape index (κ1) is 20.7. The van der Waals surface area contributed by atoms with Crippen molar-refractivity contribution in [3.8, 4) is 23.0 Å². The highest BCUT2D eigenvalue weighted by Gasteiger charge is 2.18. The second kappa shape index (κ2) is 9.37. The molecular weight excluding hydrogens is 370 g/mol. The van der Waals surface area contributed by atoms with Crippen LogP contribution in [0.1, 0.15) is 12.5 Å². The third-order valence-corrected chi connectivity index (χ3v) is 4.46. The molecule has 0 aromatic heterocycles. The zero-order valence-electron chi connectivity index (χ0n) is 16.1. The number of benzene rings is 2. The van der Waals surface area contributed by atoms with E-state index in [1.807, 2.05) is 25.1 Å². The van der Waals surface area contributed by atoms with Crippen LogP contribution < -0.4 is 24.3 Å². The molecule has 0 saturated carbocycles. The molecule has 0 radical (unpaired) electrons. The zero-order chi connectivity index (χ0) is 20.0. The highest BCUT2D eigenvalue weighted by atomic mass is 35.5. The van der Waals surface area contributed by atoms with Crippen LogP contribution >= 0.6 is 11.6 Å². The summed E-state index contributed by atoms with van der Waals surface area (Å²) in [6, 6.07) is 8.86.